The van der Waals surface area contributed by atoms with Crippen molar-refractivity contribution >= 4 is 44.7 Å². The number of nitrogens with zero attached hydrogens (tertiary/aromatic N) is 3. The first kappa shape index (κ1) is 25.9. The lowest BCUT2D eigenvalue weighted by Crippen LogP contribution is -2.78. The monoisotopic (exact) mass is 577 g/mol. The summed E-state index contributed by atoms with van der Waals surface area (Å²) in [6.45, 7) is 7.15. The molecule has 41 heavy (non-hydrogen) atoms. The highest BCUT2D eigenvalue weighted by atomic mass is 32.1. The molecule has 9 nitrogen and oxygen atoms in total. The predicted octanol–water partition coefficient (Wildman–Crippen LogP) is 5.09. The summed E-state index contributed by atoms with van der Waals surface area (Å²) in [5.74, 6) is -0.368. The molecule has 2 amide bonds. The van der Waals surface area contributed by atoms with Gasteiger partial charge in [0.1, 0.15) is 23.9 Å². The summed E-state index contributed by atoms with van der Waals surface area (Å²) >= 11 is 1.28. The zero-order valence-electron chi connectivity index (χ0n) is 22.4. The molecule has 2 aromatic carbocycles. The van der Waals surface area contributed by atoms with Crippen LogP contribution in [0.3, 0.4) is 0 Å². The van der Waals surface area contributed by atoms with Crippen molar-refractivity contribution in [3.05, 3.63) is 76.5 Å². The molecule has 1 unspecified atom stereocenters. The molecule has 2 N–H and O–H groups in total. The van der Waals surface area contributed by atoms with Crippen LogP contribution < -0.4 is 20.1 Å². The quantitative estimate of drug-likeness (QED) is 0.316. The number of halogens is 1. The van der Waals surface area contributed by atoms with Gasteiger partial charge in [0.2, 0.25) is 0 Å². The minimum Gasteiger partial charge on any atom is -0.486 e. The van der Waals surface area contributed by atoms with Crippen molar-refractivity contribution in [1.29, 1.82) is 0 Å². The zero-order valence-corrected chi connectivity index (χ0v) is 23.2. The lowest BCUT2D eigenvalue weighted by Gasteiger charge is -2.62. The summed E-state index contributed by atoms with van der Waals surface area (Å²) in [4.78, 5) is 36.8. The number of aromatic nitrogens is 1. The topological polar surface area (TPSA) is 96.0 Å². The van der Waals surface area contributed by atoms with Crippen molar-refractivity contribution in [1.82, 2.24) is 14.8 Å². The Kier molecular flexibility index (Phi) is 6.57. The first-order valence-electron chi connectivity index (χ1n) is 13.6. The second-order valence-electron chi connectivity index (χ2n) is 10.4. The number of piperazine rings is 1. The molecule has 2 atom stereocenters. The lowest BCUT2D eigenvalue weighted by atomic mass is 9.85. The number of nitrogens with one attached hydrogen (secondary N) is 2. The van der Waals surface area contributed by atoms with Crippen LogP contribution in [-0.2, 0) is 6.54 Å². The molecule has 4 aromatic rings. The van der Waals surface area contributed by atoms with Gasteiger partial charge in [-0.25, -0.2) is 9.37 Å². The Morgan fingerprint density at radius 3 is 2.59 bits per heavy atom. The maximum atomic E-state index is 14.6. The van der Waals surface area contributed by atoms with Crippen LogP contribution in [0.15, 0.2) is 54.6 Å². The molecule has 5 heterocycles. The van der Waals surface area contributed by atoms with E-state index >= 15 is 0 Å². The van der Waals surface area contributed by atoms with Gasteiger partial charge in [-0.05, 0) is 55.1 Å². The van der Waals surface area contributed by atoms with Gasteiger partial charge in [0.25, 0.3) is 11.8 Å². The second-order valence-corrected chi connectivity index (χ2v) is 11.5. The van der Waals surface area contributed by atoms with E-state index < -0.39 is 17.6 Å². The minimum atomic E-state index is -0.609. The van der Waals surface area contributed by atoms with Crippen LogP contribution in [0.25, 0.3) is 10.2 Å². The Labute approximate surface area is 242 Å². The summed E-state index contributed by atoms with van der Waals surface area (Å²) in [5, 5.41) is 6.26. The number of hydrogen-bond acceptors (Lipinski definition) is 8. The zero-order chi connectivity index (χ0) is 28.1. The number of benzene rings is 2. The highest BCUT2D eigenvalue weighted by molar-refractivity contribution is 7.20. The van der Waals surface area contributed by atoms with E-state index in [0.29, 0.717) is 52.9 Å². The van der Waals surface area contributed by atoms with E-state index in [0.717, 1.165) is 42.1 Å². The molecule has 0 bridgehead atoms. The standard InChI is InChI=1S/C30H28FN5O4S.2H2/c1-2-35-15-24-23(35)16-36(24)14-20-5-3-18-12-27(41-30(18)33-20)29(38)34-22-13-19(6-7-21(22)31)32-28(37)17-4-8-25-26(11-17)40-10-9-39-25;;/h3-8,11-13,23-24H,2,9-10,14-16H2,1H3,(H,32,37)(H,34,38);2*1H/t23-,24?;;/m0../s1. The van der Waals surface area contributed by atoms with Crippen molar-refractivity contribution in [3.63, 3.8) is 0 Å². The predicted molar refractivity (Wildman–Crippen MR) is 159 cm³/mol. The number of thiophene rings is 1. The summed E-state index contributed by atoms with van der Waals surface area (Å²) in [7, 11) is 0. The van der Waals surface area contributed by atoms with E-state index in [2.05, 4.69) is 27.4 Å². The fourth-order valence-corrected chi connectivity index (χ4v) is 6.56. The van der Waals surface area contributed by atoms with Crippen LogP contribution in [0.5, 0.6) is 11.5 Å². The summed E-state index contributed by atoms with van der Waals surface area (Å²) < 4.78 is 25.7. The van der Waals surface area contributed by atoms with Gasteiger partial charge < -0.3 is 20.1 Å². The van der Waals surface area contributed by atoms with E-state index in [4.69, 9.17) is 14.5 Å². The van der Waals surface area contributed by atoms with Crippen molar-refractivity contribution in [3.8, 4) is 11.5 Å². The Hall–Kier alpha value is -4.06. The van der Waals surface area contributed by atoms with Crippen LogP contribution in [0.4, 0.5) is 15.8 Å². The molecule has 2 fully saturated rings. The molecule has 214 valence electrons. The molecule has 0 radical (unpaired) electrons. The van der Waals surface area contributed by atoms with Gasteiger partial charge in [0.05, 0.1) is 16.3 Å². The highest BCUT2D eigenvalue weighted by Crippen LogP contribution is 2.35. The first-order chi connectivity index (χ1) is 19.9. The van der Waals surface area contributed by atoms with Crippen LogP contribution in [0.1, 0.15) is 35.5 Å². The first-order valence-corrected chi connectivity index (χ1v) is 14.5. The van der Waals surface area contributed by atoms with Gasteiger partial charge >= 0.3 is 0 Å². The molecular formula is C30H32FN5O4S. The van der Waals surface area contributed by atoms with E-state index in [1.165, 1.54) is 29.5 Å². The van der Waals surface area contributed by atoms with E-state index in [1.54, 1.807) is 24.3 Å². The Morgan fingerprint density at radius 2 is 1.78 bits per heavy atom. The third-order valence-electron chi connectivity index (χ3n) is 7.94. The number of likely N-dealkylation sites (N-methyl/N-ethyl adjacent to an activating group) is 1. The third-order valence-corrected chi connectivity index (χ3v) is 8.98. The molecule has 7 rings (SSSR count). The minimum absolute atomic E-state index is 0. The van der Waals surface area contributed by atoms with Gasteiger partial charge in [0.15, 0.2) is 11.5 Å². The molecule has 0 saturated carbocycles. The number of fused-ring (bicyclic) bond motifs is 3. The van der Waals surface area contributed by atoms with Gasteiger partial charge in [-0.3, -0.25) is 19.4 Å². The normalized spacial score (nSPS) is 19.7. The SMILES string of the molecule is CCN1CC2[C@@H]1CN2Cc1ccc2cc(C(=O)Nc3cc(NC(=O)c4ccc5c(c4)OCCO5)ccc3F)sc2n1.[HH].[HH]. The number of likely N-dealkylation sites (tertiary alicyclic amines) is 2. The number of anilines is 2. The fourth-order valence-electron chi connectivity index (χ4n) is 5.62. The average Bonchev–Trinajstić information content (AvgIpc) is 3.41. The maximum absolute atomic E-state index is 14.6. The molecule has 11 heteroatoms. The molecule has 2 saturated heterocycles. The number of ether oxygens (including phenoxy) is 2. The number of carbonyl (C=O) groups is 2. The summed E-state index contributed by atoms with van der Waals surface area (Å²) in [5.41, 5.74) is 1.65. The lowest BCUT2D eigenvalue weighted by molar-refractivity contribution is -0.126. The van der Waals surface area contributed by atoms with Gasteiger partial charge in [-0.1, -0.05) is 13.0 Å². The average molecular weight is 578 g/mol. The van der Waals surface area contributed by atoms with Crippen molar-refractivity contribution in [2.45, 2.75) is 25.6 Å². The molecule has 0 spiro atoms. The summed E-state index contributed by atoms with van der Waals surface area (Å²) in [6, 6.07) is 16.0. The van der Waals surface area contributed by atoms with Crippen LogP contribution >= 0.6 is 11.3 Å². The second kappa shape index (κ2) is 10.4. The maximum Gasteiger partial charge on any atom is 0.265 e. The van der Waals surface area contributed by atoms with E-state index in [-0.39, 0.29) is 8.54 Å². The van der Waals surface area contributed by atoms with Crippen LogP contribution in [-0.4, -0.2) is 71.5 Å². The van der Waals surface area contributed by atoms with E-state index in [1.807, 2.05) is 12.1 Å². The third kappa shape index (κ3) is 4.90. The number of amides is 2. The summed E-state index contributed by atoms with van der Waals surface area (Å²) in [6.07, 6.45) is 0. The number of rotatable bonds is 7. The van der Waals surface area contributed by atoms with Crippen LogP contribution in [0.2, 0.25) is 0 Å². The van der Waals surface area contributed by atoms with Crippen molar-refractivity contribution in [2.75, 3.05) is 43.5 Å². The smallest absolute Gasteiger partial charge is 0.265 e. The number of carbonyl (C=O) groups excluding carboxylic acids is 2. The van der Waals surface area contributed by atoms with E-state index in [9.17, 15) is 14.0 Å². The molecular weight excluding hydrogens is 545 g/mol. The van der Waals surface area contributed by atoms with Gasteiger partial charge in [-0.15, -0.1) is 11.3 Å². The van der Waals surface area contributed by atoms with Crippen LogP contribution in [0, 0.1) is 5.82 Å². The largest absolute Gasteiger partial charge is 0.486 e. The number of hydrogen-bond donors (Lipinski definition) is 2. The number of pyridine rings is 1. The molecule has 3 aliphatic rings. The van der Waals surface area contributed by atoms with Gasteiger partial charge in [0, 0.05) is 51.2 Å². The molecule has 3 aliphatic heterocycles. The Morgan fingerprint density at radius 1 is 0.976 bits per heavy atom. The Balaban J connectivity index is 0.00000184. The molecule has 2 aromatic heterocycles. The van der Waals surface area contributed by atoms with Crippen molar-refractivity contribution < 1.29 is 26.3 Å². The molecule has 0 aliphatic carbocycles. The fraction of sp³-hybridized carbons (Fsp3) is 0.300. The Bertz CT molecular complexity index is 1690. The van der Waals surface area contributed by atoms with Crippen molar-refractivity contribution in [2.24, 2.45) is 0 Å². The highest BCUT2D eigenvalue weighted by Gasteiger charge is 2.50. The van der Waals surface area contributed by atoms with Gasteiger partial charge in [-0.2, -0.15) is 0 Å².